The number of allylic oxidation sites excluding steroid dienone is 8. The Labute approximate surface area is 417 Å². The summed E-state index contributed by atoms with van der Waals surface area (Å²) in [5.41, 5.74) is 0. The summed E-state index contributed by atoms with van der Waals surface area (Å²) in [5, 5.41) is 1.04. The van der Waals surface area contributed by atoms with E-state index in [4.69, 9.17) is 237 Å². The maximum Gasteiger partial charge on any atom is 0.166 e. The van der Waals surface area contributed by atoms with E-state index >= 15 is 0 Å². The largest absolute Gasteiger partial charge is 0.369 e. The number of hydrogen-bond acceptors (Lipinski definition) is 1. The summed E-state index contributed by atoms with van der Waals surface area (Å²) in [5.74, 6) is 1.10. The molecular formula is C34H22Cl20O. The van der Waals surface area contributed by atoms with E-state index in [-0.39, 0.29) is 63.2 Å². The van der Waals surface area contributed by atoms with Crippen molar-refractivity contribution in [2.45, 2.75) is 84.5 Å². The first-order chi connectivity index (χ1) is 25.2. The molecule has 304 valence electrons. The lowest BCUT2D eigenvalue weighted by molar-refractivity contribution is 0.237. The second kappa shape index (κ2) is 12.6. The fourth-order valence-corrected chi connectivity index (χ4v) is 23.5. The summed E-state index contributed by atoms with van der Waals surface area (Å²) in [6.07, 6.45) is 7.59. The third-order valence-corrected chi connectivity index (χ3v) is 29.4. The summed E-state index contributed by atoms with van der Waals surface area (Å²) in [4.78, 5) is -6.80. The van der Waals surface area contributed by atoms with E-state index in [9.17, 15) is 0 Å². The van der Waals surface area contributed by atoms with Gasteiger partial charge in [-0.3, -0.25) is 0 Å². The van der Waals surface area contributed by atoms with E-state index in [1.165, 1.54) is 0 Å². The molecule has 7 saturated carbocycles. The van der Waals surface area contributed by atoms with Crippen LogP contribution in [0.4, 0.5) is 0 Å². The smallest absolute Gasteiger partial charge is 0.166 e. The Morgan fingerprint density at radius 1 is 0.418 bits per heavy atom. The van der Waals surface area contributed by atoms with Crippen LogP contribution in [-0.2, 0) is 4.74 Å². The maximum atomic E-state index is 6.82. The molecule has 1 nitrogen and oxygen atoms in total. The molecule has 0 radical (unpaired) electrons. The number of rotatable bonds is 0. The van der Waals surface area contributed by atoms with E-state index in [1.807, 2.05) is 0 Å². The molecule has 21 heteroatoms. The van der Waals surface area contributed by atoms with E-state index in [1.54, 1.807) is 0 Å². The highest BCUT2D eigenvalue weighted by atomic mass is 35.5. The molecule has 0 spiro atoms. The van der Waals surface area contributed by atoms with Gasteiger partial charge in [-0.1, -0.05) is 151 Å². The topological polar surface area (TPSA) is 12.5 Å². The maximum absolute atomic E-state index is 6.82. The van der Waals surface area contributed by atoms with Gasteiger partial charge in [0.2, 0.25) is 0 Å². The zero-order valence-corrected chi connectivity index (χ0v) is 41.9. The first-order valence-electron chi connectivity index (χ1n) is 17.2. The Balaban J connectivity index is 0.000000102. The van der Waals surface area contributed by atoms with Crippen LogP contribution in [0, 0.1) is 59.2 Å². The monoisotopic (exact) mass is 1150 g/mol. The fraction of sp³-hybridized carbons (Fsp3) is 0.765. The molecule has 12 aliphatic rings. The quantitative estimate of drug-likeness (QED) is 0.102. The lowest BCUT2D eigenvalue weighted by atomic mass is 9.73. The number of epoxide rings is 1. The number of hydrogen-bond donors (Lipinski definition) is 0. The molecule has 14 unspecified atom stereocenters. The molecule has 11 aliphatic carbocycles. The molecule has 10 bridgehead atoms. The van der Waals surface area contributed by atoms with E-state index in [0.29, 0.717) is 50.2 Å². The van der Waals surface area contributed by atoms with Crippen LogP contribution in [0.3, 0.4) is 0 Å². The molecule has 0 aromatic heterocycles. The zero-order valence-electron chi connectivity index (χ0n) is 26.8. The number of ether oxygens (including phenoxy) is 1. The van der Waals surface area contributed by atoms with Gasteiger partial charge in [-0.2, -0.15) is 0 Å². The predicted molar refractivity (Wildman–Crippen MR) is 237 cm³/mol. The highest BCUT2D eigenvalue weighted by Crippen LogP contribution is 2.85. The molecule has 0 N–H and O–H groups in total. The van der Waals surface area contributed by atoms with Crippen molar-refractivity contribution in [1.29, 1.82) is 0 Å². The summed E-state index contributed by atoms with van der Waals surface area (Å²) in [6.45, 7) is 0. The summed E-state index contributed by atoms with van der Waals surface area (Å²) in [7, 11) is 0. The van der Waals surface area contributed by atoms with Crippen molar-refractivity contribution in [3.8, 4) is 0 Å². The van der Waals surface area contributed by atoms with Gasteiger partial charge in [0.15, 0.2) is 13.0 Å². The Bertz CT molecular complexity index is 1890. The van der Waals surface area contributed by atoms with Crippen LogP contribution >= 0.6 is 232 Å². The molecule has 12 rings (SSSR count). The average Bonchev–Trinajstić information content (AvgIpc) is 3.74. The minimum absolute atomic E-state index is 0.0467. The average molecular weight is 1160 g/mol. The Hall–Kier alpha value is 4.72. The van der Waals surface area contributed by atoms with Gasteiger partial charge in [-0.25, -0.2) is 0 Å². The molecular weight excluding hydrogens is 1130 g/mol. The second-order valence-corrected chi connectivity index (χ2v) is 27.8. The SMILES string of the molecule is ClC1=C(Cl)C2(Cl)C3C(Cl)C(Cl)CC3C1(Cl)C2(Cl)Cl.ClC1=C(Cl)C2(Cl)C3C4CC(C5OC45)C3C1(Cl)C2(Cl)Cl.ClC1=C(Cl)[C@]2(Cl)[C@H]3[C@H]([C@@H]4C=C[C@H]3C4)[C@@]1(Cl)C2(Cl)Cl. The first-order valence-corrected chi connectivity index (χ1v) is 24.9. The van der Waals surface area contributed by atoms with Gasteiger partial charge >= 0.3 is 0 Å². The molecule has 0 aromatic rings. The molecule has 1 aliphatic heterocycles. The van der Waals surface area contributed by atoms with Gasteiger partial charge in [0.25, 0.3) is 0 Å². The lowest BCUT2D eigenvalue weighted by Crippen LogP contribution is -2.47. The van der Waals surface area contributed by atoms with Crippen molar-refractivity contribution in [1.82, 2.24) is 0 Å². The van der Waals surface area contributed by atoms with Crippen LogP contribution in [-0.4, -0.2) is 65.2 Å². The van der Waals surface area contributed by atoms with Gasteiger partial charge in [0.05, 0.1) is 53.2 Å². The van der Waals surface area contributed by atoms with Gasteiger partial charge in [-0.15, -0.1) is 92.8 Å². The Kier molecular flexibility index (Phi) is 9.97. The van der Waals surface area contributed by atoms with Crippen molar-refractivity contribution >= 4 is 232 Å². The van der Waals surface area contributed by atoms with E-state index in [2.05, 4.69) is 12.2 Å². The highest BCUT2D eigenvalue weighted by molar-refractivity contribution is 6.68. The van der Waals surface area contributed by atoms with Crippen molar-refractivity contribution in [3.05, 3.63) is 42.3 Å². The summed E-state index contributed by atoms with van der Waals surface area (Å²) < 4.78 is 1.48. The van der Waals surface area contributed by atoms with Crippen LogP contribution in [0.2, 0.25) is 0 Å². The van der Waals surface area contributed by atoms with Crippen molar-refractivity contribution in [2.24, 2.45) is 59.2 Å². The van der Waals surface area contributed by atoms with Gasteiger partial charge in [-0.05, 0) is 72.5 Å². The zero-order chi connectivity index (χ0) is 40.3. The fourth-order valence-electron chi connectivity index (χ4n) is 13.3. The van der Waals surface area contributed by atoms with Crippen LogP contribution in [0.15, 0.2) is 42.3 Å². The normalized spacial score (nSPS) is 61.0. The van der Waals surface area contributed by atoms with Crippen LogP contribution < -0.4 is 0 Å². The standard InChI is InChI=1S/C12H8Cl6O.C12H8Cl6.C10H6Cl8/c13-8-9(14)11(16)5-3-1-2(6-7(3)19-6)4(5)10(8,15)12(11,17)18;13-8-9(14)11(16)7-5-2-1-4(3-5)6(7)10(8,15)12(11,17)18;11-3-1-2-4(5(3)12)9(16)7(14)6(13)8(2,15)10(9,17)18/h2-7H,1H2;1-2,4-7H,3H2;2-5H,1H2/t;4-,5+,6+,7-,10+,11-;. The van der Waals surface area contributed by atoms with Crippen LogP contribution in [0.1, 0.15) is 19.3 Å². The molecule has 0 amide bonds. The lowest BCUT2D eigenvalue weighted by Gasteiger charge is -2.38. The van der Waals surface area contributed by atoms with Gasteiger partial charge in [0.1, 0.15) is 29.2 Å². The van der Waals surface area contributed by atoms with Crippen molar-refractivity contribution in [3.63, 3.8) is 0 Å². The Morgan fingerprint density at radius 3 is 1.15 bits per heavy atom. The van der Waals surface area contributed by atoms with Crippen LogP contribution in [0.25, 0.3) is 0 Å². The van der Waals surface area contributed by atoms with Crippen molar-refractivity contribution < 1.29 is 4.74 Å². The minimum atomic E-state index is -1.50. The molecule has 55 heavy (non-hydrogen) atoms. The number of halogens is 20. The predicted octanol–water partition coefficient (Wildman–Crippen LogP) is 15.4. The van der Waals surface area contributed by atoms with Crippen LogP contribution in [0.5, 0.6) is 0 Å². The van der Waals surface area contributed by atoms with E-state index in [0.717, 1.165) is 12.8 Å². The highest BCUT2D eigenvalue weighted by Gasteiger charge is 2.90. The molecule has 20 atom stereocenters. The number of alkyl halides is 14. The third-order valence-electron chi connectivity index (χ3n) is 15.4. The molecule has 8 fully saturated rings. The molecule has 1 heterocycles. The van der Waals surface area contributed by atoms with E-state index < -0.39 is 47.6 Å². The Morgan fingerprint density at radius 2 is 0.745 bits per heavy atom. The molecule has 1 saturated heterocycles. The van der Waals surface area contributed by atoms with Crippen molar-refractivity contribution in [2.75, 3.05) is 0 Å². The minimum Gasteiger partial charge on any atom is -0.369 e. The second-order valence-electron chi connectivity index (χ2n) is 16.9. The first kappa shape index (κ1) is 43.6. The number of fused-ring (bicyclic) bond motifs is 26. The third kappa shape index (κ3) is 4.30. The summed E-state index contributed by atoms with van der Waals surface area (Å²) >= 11 is 130. The van der Waals surface area contributed by atoms with Gasteiger partial charge < -0.3 is 4.74 Å². The van der Waals surface area contributed by atoms with Gasteiger partial charge in [0, 0.05) is 5.92 Å². The molecule has 0 aromatic carbocycles. The summed E-state index contributed by atoms with van der Waals surface area (Å²) in [6, 6.07) is 0.